The van der Waals surface area contributed by atoms with Crippen molar-refractivity contribution in [2.24, 2.45) is 0 Å². The van der Waals surface area contributed by atoms with Gasteiger partial charge in [0, 0.05) is 7.05 Å². The summed E-state index contributed by atoms with van der Waals surface area (Å²) >= 11 is 5.96. The van der Waals surface area contributed by atoms with Gasteiger partial charge in [0.15, 0.2) is 0 Å². The van der Waals surface area contributed by atoms with Crippen LogP contribution in [0, 0.1) is 0 Å². The van der Waals surface area contributed by atoms with Crippen molar-refractivity contribution in [2.75, 3.05) is 18.9 Å². The number of phenols is 1. The monoisotopic (exact) mass is 318 g/mol. The largest absolute Gasteiger partial charge is 0.507 e. The third-order valence-corrected chi connectivity index (χ3v) is 3.34. The Labute approximate surface area is 133 Å². The average molecular weight is 319 g/mol. The summed E-state index contributed by atoms with van der Waals surface area (Å²) in [4.78, 5) is 25.4. The van der Waals surface area contributed by atoms with Gasteiger partial charge in [0.1, 0.15) is 5.75 Å². The van der Waals surface area contributed by atoms with Crippen LogP contribution in [0.1, 0.15) is 10.4 Å². The van der Waals surface area contributed by atoms with E-state index in [2.05, 4.69) is 5.32 Å². The summed E-state index contributed by atoms with van der Waals surface area (Å²) < 4.78 is 0. The minimum absolute atomic E-state index is 0.120. The minimum Gasteiger partial charge on any atom is -0.507 e. The number of anilines is 1. The molecule has 0 heterocycles. The quantitative estimate of drug-likeness (QED) is 0.910. The number of rotatable bonds is 4. The van der Waals surface area contributed by atoms with Crippen molar-refractivity contribution < 1.29 is 14.7 Å². The molecule has 0 aliphatic rings. The lowest BCUT2D eigenvalue weighted by Crippen LogP contribution is -2.35. The number of halogens is 1. The van der Waals surface area contributed by atoms with Crippen molar-refractivity contribution in [3.63, 3.8) is 0 Å². The lowest BCUT2D eigenvalue weighted by molar-refractivity contribution is -0.116. The lowest BCUT2D eigenvalue weighted by Gasteiger charge is -2.17. The van der Waals surface area contributed by atoms with Gasteiger partial charge in [-0.05, 0) is 24.3 Å². The van der Waals surface area contributed by atoms with Crippen LogP contribution >= 0.6 is 11.6 Å². The van der Waals surface area contributed by atoms with Crippen molar-refractivity contribution in [3.8, 4) is 5.75 Å². The molecule has 0 aromatic heterocycles. The van der Waals surface area contributed by atoms with Crippen molar-refractivity contribution in [1.82, 2.24) is 4.90 Å². The Hall–Kier alpha value is -2.53. The Kier molecular flexibility index (Phi) is 5.01. The number of para-hydroxylation sites is 2. The Morgan fingerprint density at radius 1 is 1.14 bits per heavy atom. The van der Waals surface area contributed by atoms with Crippen LogP contribution < -0.4 is 5.32 Å². The molecule has 2 aromatic carbocycles. The number of amides is 2. The maximum absolute atomic E-state index is 12.2. The first-order chi connectivity index (χ1) is 10.5. The number of nitrogens with one attached hydrogen (secondary N) is 1. The molecular formula is C16H15ClN2O3. The first-order valence-electron chi connectivity index (χ1n) is 6.57. The van der Waals surface area contributed by atoms with Crippen LogP contribution in [0.2, 0.25) is 5.02 Å². The summed E-state index contributed by atoms with van der Waals surface area (Å²) in [6, 6.07) is 13.0. The zero-order valence-corrected chi connectivity index (χ0v) is 12.7. The fourth-order valence-electron chi connectivity index (χ4n) is 1.90. The van der Waals surface area contributed by atoms with E-state index in [1.807, 2.05) is 0 Å². The number of hydrogen-bond acceptors (Lipinski definition) is 3. The van der Waals surface area contributed by atoms with Gasteiger partial charge < -0.3 is 15.3 Å². The molecule has 0 saturated carbocycles. The Morgan fingerprint density at radius 2 is 1.77 bits per heavy atom. The number of hydrogen-bond donors (Lipinski definition) is 2. The molecule has 0 unspecified atom stereocenters. The van der Waals surface area contributed by atoms with E-state index < -0.39 is 5.91 Å². The lowest BCUT2D eigenvalue weighted by atomic mass is 10.2. The highest BCUT2D eigenvalue weighted by Gasteiger charge is 2.18. The Balaban J connectivity index is 2.01. The summed E-state index contributed by atoms with van der Waals surface area (Å²) in [5.41, 5.74) is 0.633. The van der Waals surface area contributed by atoms with Gasteiger partial charge in [0.25, 0.3) is 5.91 Å². The molecule has 6 heteroatoms. The van der Waals surface area contributed by atoms with Crippen LogP contribution in [0.3, 0.4) is 0 Å². The number of carbonyl (C=O) groups is 2. The minimum atomic E-state index is -0.438. The zero-order chi connectivity index (χ0) is 16.1. The topological polar surface area (TPSA) is 69.6 Å². The molecule has 0 atom stereocenters. The molecular weight excluding hydrogens is 304 g/mol. The number of nitrogens with zero attached hydrogens (tertiary/aromatic N) is 1. The van der Waals surface area contributed by atoms with Gasteiger partial charge in [-0.25, -0.2) is 0 Å². The highest BCUT2D eigenvalue weighted by molar-refractivity contribution is 6.33. The number of phenolic OH excluding ortho intramolecular Hbond substituents is 1. The predicted molar refractivity (Wildman–Crippen MR) is 85.1 cm³/mol. The van der Waals surface area contributed by atoms with Crippen LogP contribution in [-0.4, -0.2) is 35.4 Å². The first kappa shape index (κ1) is 15.9. The standard InChI is InChI=1S/C16H15ClN2O3/c1-19(16(22)11-6-2-5-9-14(11)20)10-15(21)18-13-8-4-3-7-12(13)17/h2-9,20H,10H2,1H3,(H,18,21). The molecule has 0 spiro atoms. The zero-order valence-electron chi connectivity index (χ0n) is 11.9. The van der Waals surface area contributed by atoms with Gasteiger partial charge in [0.05, 0.1) is 22.8 Å². The maximum atomic E-state index is 12.2. The number of carbonyl (C=O) groups excluding carboxylic acids is 2. The summed E-state index contributed by atoms with van der Waals surface area (Å²) in [7, 11) is 1.49. The third-order valence-electron chi connectivity index (χ3n) is 3.01. The van der Waals surface area contributed by atoms with E-state index in [-0.39, 0.29) is 23.8 Å². The van der Waals surface area contributed by atoms with E-state index in [0.29, 0.717) is 10.7 Å². The summed E-state index contributed by atoms with van der Waals surface area (Å²) in [6.07, 6.45) is 0. The van der Waals surface area contributed by atoms with Crippen molar-refractivity contribution in [1.29, 1.82) is 0 Å². The Bertz CT molecular complexity index is 703. The van der Waals surface area contributed by atoms with E-state index >= 15 is 0 Å². The van der Waals surface area contributed by atoms with Crippen molar-refractivity contribution in [2.45, 2.75) is 0 Å². The maximum Gasteiger partial charge on any atom is 0.257 e. The van der Waals surface area contributed by atoms with E-state index in [0.717, 1.165) is 0 Å². The third kappa shape index (κ3) is 3.77. The second-order valence-electron chi connectivity index (χ2n) is 4.71. The molecule has 0 aliphatic heterocycles. The molecule has 114 valence electrons. The van der Waals surface area contributed by atoms with Crippen LogP contribution in [0.25, 0.3) is 0 Å². The van der Waals surface area contributed by atoms with E-state index in [1.54, 1.807) is 36.4 Å². The van der Waals surface area contributed by atoms with Gasteiger partial charge in [0.2, 0.25) is 5.91 Å². The Morgan fingerprint density at radius 3 is 2.45 bits per heavy atom. The van der Waals surface area contributed by atoms with Crippen LogP contribution in [0.15, 0.2) is 48.5 Å². The van der Waals surface area contributed by atoms with Gasteiger partial charge in [-0.2, -0.15) is 0 Å². The van der Waals surface area contributed by atoms with Gasteiger partial charge in [-0.1, -0.05) is 35.9 Å². The summed E-state index contributed by atoms with van der Waals surface area (Å²) in [5, 5.41) is 12.7. The van der Waals surface area contributed by atoms with Gasteiger partial charge in [-0.3, -0.25) is 9.59 Å². The van der Waals surface area contributed by atoms with Crippen LogP contribution in [0.4, 0.5) is 5.69 Å². The molecule has 0 bridgehead atoms. The number of likely N-dealkylation sites (N-methyl/N-ethyl adjacent to an activating group) is 1. The van der Waals surface area contributed by atoms with Gasteiger partial charge in [-0.15, -0.1) is 0 Å². The molecule has 22 heavy (non-hydrogen) atoms. The highest BCUT2D eigenvalue weighted by atomic mass is 35.5. The SMILES string of the molecule is CN(CC(=O)Nc1ccccc1Cl)C(=O)c1ccccc1O. The molecule has 2 rings (SSSR count). The molecule has 0 aliphatic carbocycles. The summed E-state index contributed by atoms with van der Waals surface area (Å²) in [6.45, 7) is -0.154. The molecule has 0 radical (unpaired) electrons. The summed E-state index contributed by atoms with van der Waals surface area (Å²) in [5.74, 6) is -0.933. The normalized spacial score (nSPS) is 10.1. The van der Waals surface area contributed by atoms with Crippen molar-refractivity contribution >= 4 is 29.1 Å². The second kappa shape index (κ2) is 6.95. The van der Waals surface area contributed by atoms with Crippen molar-refractivity contribution in [3.05, 3.63) is 59.1 Å². The van der Waals surface area contributed by atoms with E-state index in [1.165, 1.54) is 24.1 Å². The second-order valence-corrected chi connectivity index (χ2v) is 5.11. The molecule has 2 aromatic rings. The molecule has 5 nitrogen and oxygen atoms in total. The smallest absolute Gasteiger partial charge is 0.257 e. The number of aromatic hydroxyl groups is 1. The average Bonchev–Trinajstić information content (AvgIpc) is 2.49. The van der Waals surface area contributed by atoms with E-state index in [4.69, 9.17) is 11.6 Å². The highest BCUT2D eigenvalue weighted by Crippen LogP contribution is 2.20. The van der Waals surface area contributed by atoms with E-state index in [9.17, 15) is 14.7 Å². The molecule has 0 fully saturated rings. The van der Waals surface area contributed by atoms with Crippen LogP contribution in [0.5, 0.6) is 5.75 Å². The predicted octanol–water partition coefficient (Wildman–Crippen LogP) is 2.76. The first-order valence-corrected chi connectivity index (χ1v) is 6.94. The molecule has 0 saturated heterocycles. The fraction of sp³-hybridized carbons (Fsp3) is 0.125. The molecule has 2 amide bonds. The van der Waals surface area contributed by atoms with Crippen LogP contribution in [-0.2, 0) is 4.79 Å². The van der Waals surface area contributed by atoms with Gasteiger partial charge >= 0.3 is 0 Å². The fourth-order valence-corrected chi connectivity index (χ4v) is 2.08. The number of benzene rings is 2. The molecule has 2 N–H and O–H groups in total.